The number of piperidine rings is 1. The van der Waals surface area contributed by atoms with Crippen molar-refractivity contribution in [1.29, 1.82) is 0 Å². The number of unbranched alkanes of at least 4 members (excludes halogenated alkanes) is 1. The zero-order valence-corrected chi connectivity index (χ0v) is 23.0. The first-order valence-corrected chi connectivity index (χ1v) is 13.9. The van der Waals surface area contributed by atoms with Crippen LogP contribution in [0.15, 0.2) is 65.7 Å². The lowest BCUT2D eigenvalue weighted by Crippen LogP contribution is -2.45. The molecule has 0 atom stereocenters. The quantitative estimate of drug-likeness (QED) is 0.305. The SMILES string of the molecule is CN(C1=Nc2ccccc2CS1)C1CCN(CCCCOc2ccc(Cl)cc2)CC1.O=C(O)/C=C/C(=O)O. The van der Waals surface area contributed by atoms with E-state index in [4.69, 9.17) is 31.5 Å². The zero-order chi connectivity index (χ0) is 27.3. The summed E-state index contributed by atoms with van der Waals surface area (Å²) in [5.41, 5.74) is 2.48. The number of rotatable bonds is 9. The third-order valence-corrected chi connectivity index (χ3v) is 7.64. The first-order valence-electron chi connectivity index (χ1n) is 12.6. The normalized spacial score (nSPS) is 15.7. The van der Waals surface area contributed by atoms with Gasteiger partial charge in [-0.2, -0.15) is 0 Å². The van der Waals surface area contributed by atoms with Crippen molar-refractivity contribution in [3.63, 3.8) is 0 Å². The molecule has 0 radical (unpaired) electrons. The van der Waals surface area contributed by atoms with Gasteiger partial charge in [0.15, 0.2) is 5.17 Å². The van der Waals surface area contributed by atoms with Gasteiger partial charge >= 0.3 is 11.9 Å². The van der Waals surface area contributed by atoms with Crippen molar-refractivity contribution in [2.45, 2.75) is 37.5 Å². The van der Waals surface area contributed by atoms with Gasteiger partial charge < -0.3 is 24.7 Å². The third-order valence-electron chi connectivity index (χ3n) is 6.29. The second-order valence-electron chi connectivity index (χ2n) is 9.01. The average molecular weight is 560 g/mol. The summed E-state index contributed by atoms with van der Waals surface area (Å²) in [4.78, 5) is 29.0. The molecule has 1 saturated heterocycles. The number of carbonyl (C=O) groups is 2. The molecule has 0 amide bonds. The van der Waals surface area contributed by atoms with Crippen molar-refractivity contribution in [3.05, 3.63) is 71.3 Å². The molecule has 2 aliphatic heterocycles. The number of halogens is 1. The molecule has 4 rings (SSSR count). The number of aliphatic imine (C=N–C) groups is 1. The topological polar surface area (TPSA) is 103 Å². The standard InChI is InChI=1S/C24H30ClN3OS.C4H4O4/c1-27(24-26-23-7-3-2-6-19(23)18-30-24)21-12-15-28(16-13-21)14-4-5-17-29-22-10-8-20(25)9-11-22;5-3(6)1-2-4(7)8/h2-3,6-11,21H,4-5,12-18H2,1H3;1-2H,(H,5,6)(H,7,8)/b;2-1+. The van der Waals surface area contributed by atoms with E-state index in [2.05, 4.69) is 41.1 Å². The van der Waals surface area contributed by atoms with Crippen LogP contribution in [0.4, 0.5) is 5.69 Å². The molecule has 1 fully saturated rings. The fourth-order valence-electron chi connectivity index (χ4n) is 4.19. The summed E-state index contributed by atoms with van der Waals surface area (Å²) in [6.07, 6.45) is 5.78. The Morgan fingerprint density at radius 2 is 1.74 bits per heavy atom. The van der Waals surface area contributed by atoms with Gasteiger partial charge in [0.1, 0.15) is 5.75 Å². The lowest BCUT2D eigenvalue weighted by molar-refractivity contribution is -0.134. The maximum atomic E-state index is 9.55. The number of thioether (sulfide) groups is 1. The number of carboxylic acid groups (broad SMARTS) is 2. The molecular weight excluding hydrogens is 526 g/mol. The fourth-order valence-corrected chi connectivity index (χ4v) is 5.36. The van der Waals surface area contributed by atoms with E-state index < -0.39 is 11.9 Å². The number of amidine groups is 1. The van der Waals surface area contributed by atoms with Gasteiger partial charge in [0, 0.05) is 49.1 Å². The van der Waals surface area contributed by atoms with Gasteiger partial charge in [-0.25, -0.2) is 14.6 Å². The molecule has 2 aromatic rings. The smallest absolute Gasteiger partial charge is 0.328 e. The van der Waals surface area contributed by atoms with Crippen molar-refractivity contribution in [2.24, 2.45) is 4.99 Å². The molecule has 0 bridgehead atoms. The highest BCUT2D eigenvalue weighted by atomic mass is 35.5. The predicted octanol–water partition coefficient (Wildman–Crippen LogP) is 5.54. The Bertz CT molecular complexity index is 1100. The number of ether oxygens (including phenoxy) is 1. The highest BCUT2D eigenvalue weighted by Gasteiger charge is 2.26. The zero-order valence-electron chi connectivity index (χ0n) is 21.5. The Labute approximate surface area is 232 Å². The highest BCUT2D eigenvalue weighted by Crippen LogP contribution is 2.33. The van der Waals surface area contributed by atoms with Crippen molar-refractivity contribution < 1.29 is 24.5 Å². The van der Waals surface area contributed by atoms with Gasteiger partial charge in [-0.3, -0.25) is 0 Å². The van der Waals surface area contributed by atoms with E-state index in [0.717, 1.165) is 41.8 Å². The number of benzene rings is 2. The van der Waals surface area contributed by atoms with Crippen LogP contribution in [0, 0.1) is 0 Å². The maximum absolute atomic E-state index is 9.55. The van der Waals surface area contributed by atoms with Gasteiger partial charge in [-0.15, -0.1) is 0 Å². The Balaban J connectivity index is 0.000000436. The summed E-state index contributed by atoms with van der Waals surface area (Å²) >= 11 is 7.77. The van der Waals surface area contributed by atoms with Gasteiger partial charge in [0.05, 0.1) is 12.3 Å². The number of fused-ring (bicyclic) bond motifs is 1. The summed E-state index contributed by atoms with van der Waals surface area (Å²) < 4.78 is 5.79. The molecule has 8 nitrogen and oxygen atoms in total. The number of likely N-dealkylation sites (tertiary alicyclic amines) is 1. The summed E-state index contributed by atoms with van der Waals surface area (Å²) in [5.74, 6) is -0.592. The molecule has 0 aliphatic carbocycles. The summed E-state index contributed by atoms with van der Waals surface area (Å²) in [5, 5.41) is 17.5. The molecule has 0 unspecified atom stereocenters. The molecular formula is C28H34ClN3O5S. The van der Waals surface area contributed by atoms with E-state index in [0.29, 0.717) is 18.2 Å². The maximum Gasteiger partial charge on any atom is 0.328 e. The van der Waals surface area contributed by atoms with Crippen molar-refractivity contribution in [2.75, 3.05) is 33.3 Å². The fraction of sp³-hybridized carbons (Fsp3) is 0.393. The lowest BCUT2D eigenvalue weighted by atomic mass is 10.0. The monoisotopic (exact) mass is 559 g/mol. The van der Waals surface area contributed by atoms with Crippen LogP contribution in [-0.2, 0) is 15.3 Å². The molecule has 38 heavy (non-hydrogen) atoms. The molecule has 2 heterocycles. The predicted molar refractivity (Wildman–Crippen MR) is 153 cm³/mol. The van der Waals surface area contributed by atoms with Crippen molar-refractivity contribution in [3.8, 4) is 5.75 Å². The van der Waals surface area contributed by atoms with Crippen molar-refractivity contribution in [1.82, 2.24) is 9.80 Å². The third kappa shape index (κ3) is 10.0. The Kier molecular flexibility index (Phi) is 12.0. The van der Waals surface area contributed by atoms with Gasteiger partial charge in [0.25, 0.3) is 0 Å². The lowest BCUT2D eigenvalue weighted by Gasteiger charge is -2.38. The number of hydrogen-bond acceptors (Lipinski definition) is 7. The minimum absolute atomic E-state index is 0.558. The van der Waals surface area contributed by atoms with E-state index in [1.165, 1.54) is 43.1 Å². The number of aliphatic carboxylic acids is 2. The molecule has 0 saturated carbocycles. The Hall–Kier alpha value is -3.01. The molecule has 2 N–H and O–H groups in total. The van der Waals surface area contributed by atoms with Gasteiger partial charge in [0.2, 0.25) is 0 Å². The molecule has 0 aromatic heterocycles. The molecule has 204 valence electrons. The molecule has 10 heteroatoms. The number of hydrogen-bond donors (Lipinski definition) is 2. The second-order valence-corrected chi connectivity index (χ2v) is 10.4. The summed E-state index contributed by atoms with van der Waals surface area (Å²) in [7, 11) is 2.22. The van der Waals surface area contributed by atoms with Crippen LogP contribution >= 0.6 is 23.4 Å². The highest BCUT2D eigenvalue weighted by molar-refractivity contribution is 8.13. The minimum atomic E-state index is -1.26. The van der Waals surface area contributed by atoms with Crippen LogP contribution in [0.3, 0.4) is 0 Å². The second kappa shape index (κ2) is 15.4. The minimum Gasteiger partial charge on any atom is -0.494 e. The summed E-state index contributed by atoms with van der Waals surface area (Å²) in [6, 6.07) is 16.7. The molecule has 2 aromatic carbocycles. The Morgan fingerprint density at radius 1 is 1.08 bits per heavy atom. The largest absolute Gasteiger partial charge is 0.494 e. The number of nitrogens with zero attached hydrogens (tertiary/aromatic N) is 3. The van der Waals surface area contributed by atoms with Gasteiger partial charge in [-0.05, 0) is 68.1 Å². The van der Waals surface area contributed by atoms with Crippen LogP contribution in [-0.4, -0.2) is 76.4 Å². The molecule has 2 aliphatic rings. The summed E-state index contributed by atoms with van der Waals surface area (Å²) in [6.45, 7) is 4.26. The number of carboxylic acids is 2. The average Bonchev–Trinajstić information content (AvgIpc) is 2.93. The van der Waals surface area contributed by atoms with E-state index in [1.807, 2.05) is 36.0 Å². The van der Waals surface area contributed by atoms with Crippen LogP contribution in [0.5, 0.6) is 5.75 Å². The first-order chi connectivity index (χ1) is 18.3. The van der Waals surface area contributed by atoms with Crippen molar-refractivity contribution >= 4 is 46.2 Å². The van der Waals surface area contributed by atoms with Crippen LogP contribution < -0.4 is 4.74 Å². The Morgan fingerprint density at radius 3 is 2.39 bits per heavy atom. The van der Waals surface area contributed by atoms with Crippen LogP contribution in [0.1, 0.15) is 31.2 Å². The van der Waals surface area contributed by atoms with E-state index in [1.54, 1.807) is 0 Å². The van der Waals surface area contributed by atoms with Gasteiger partial charge in [-0.1, -0.05) is 41.6 Å². The van der Waals surface area contributed by atoms with Crippen LogP contribution in [0.2, 0.25) is 5.02 Å². The van der Waals surface area contributed by atoms with Crippen LogP contribution in [0.25, 0.3) is 0 Å². The van der Waals surface area contributed by atoms with E-state index in [-0.39, 0.29) is 0 Å². The van der Waals surface area contributed by atoms with E-state index in [9.17, 15) is 9.59 Å². The number of para-hydroxylation sites is 1. The molecule has 0 spiro atoms. The van der Waals surface area contributed by atoms with E-state index >= 15 is 0 Å². The first kappa shape index (κ1) is 29.5.